The van der Waals surface area contributed by atoms with Gasteiger partial charge in [-0.3, -0.25) is 9.59 Å². The van der Waals surface area contributed by atoms with Crippen molar-refractivity contribution < 1.29 is 9.18 Å². The van der Waals surface area contributed by atoms with Gasteiger partial charge in [0, 0.05) is 37.3 Å². The quantitative estimate of drug-likeness (QED) is 0.663. The van der Waals surface area contributed by atoms with Crippen molar-refractivity contribution in [2.75, 3.05) is 31.1 Å². The number of carbonyl (C=O) groups excluding carboxylic acids is 1. The normalized spacial score (nSPS) is 14.1. The molecular weight excluding hydrogens is 395 g/mol. The summed E-state index contributed by atoms with van der Waals surface area (Å²) in [6.07, 6.45) is 0. The molecule has 8 heteroatoms. The minimum absolute atomic E-state index is 0.0774. The summed E-state index contributed by atoms with van der Waals surface area (Å²) in [6, 6.07) is 16.0. The van der Waals surface area contributed by atoms with E-state index in [0.29, 0.717) is 42.7 Å². The summed E-state index contributed by atoms with van der Waals surface area (Å²) < 4.78 is 15.2. The maximum absolute atomic E-state index is 13.9. The highest BCUT2D eigenvalue weighted by atomic mass is 35.5. The first-order chi connectivity index (χ1) is 14.0. The van der Waals surface area contributed by atoms with Crippen LogP contribution in [0.25, 0.3) is 5.69 Å². The molecule has 0 aliphatic carbocycles. The van der Waals surface area contributed by atoms with E-state index in [1.807, 2.05) is 4.90 Å². The standard InChI is InChI=1S/C21H18ClFN4O2/c22-15-4-3-5-16(14-15)27-20(28)9-8-19(24-27)25-10-12-26(13-11-25)21(29)17-6-1-2-7-18(17)23/h1-9,14H,10-13H2. The van der Waals surface area contributed by atoms with E-state index in [0.717, 1.165) is 0 Å². The summed E-state index contributed by atoms with van der Waals surface area (Å²) in [7, 11) is 0. The topological polar surface area (TPSA) is 58.4 Å². The van der Waals surface area contributed by atoms with Gasteiger partial charge in [-0.15, -0.1) is 5.10 Å². The molecule has 2 heterocycles. The zero-order chi connectivity index (χ0) is 20.4. The summed E-state index contributed by atoms with van der Waals surface area (Å²) in [4.78, 5) is 28.4. The molecule has 1 aromatic heterocycles. The Kier molecular flexibility index (Phi) is 5.31. The number of piperazine rings is 1. The lowest BCUT2D eigenvalue weighted by Crippen LogP contribution is -2.49. The van der Waals surface area contributed by atoms with Gasteiger partial charge in [-0.1, -0.05) is 29.8 Å². The van der Waals surface area contributed by atoms with Crippen LogP contribution in [0.3, 0.4) is 0 Å². The van der Waals surface area contributed by atoms with Crippen molar-refractivity contribution in [2.24, 2.45) is 0 Å². The van der Waals surface area contributed by atoms with E-state index in [9.17, 15) is 14.0 Å². The fourth-order valence-electron chi connectivity index (χ4n) is 3.31. The molecule has 4 rings (SSSR count). The summed E-state index contributed by atoms with van der Waals surface area (Å²) in [6.45, 7) is 1.93. The molecule has 1 amide bonds. The van der Waals surface area contributed by atoms with Crippen molar-refractivity contribution >= 4 is 23.3 Å². The van der Waals surface area contributed by atoms with E-state index in [4.69, 9.17) is 11.6 Å². The lowest BCUT2D eigenvalue weighted by atomic mass is 10.1. The number of anilines is 1. The molecular formula is C21H18ClFN4O2. The Morgan fingerprint density at radius 3 is 2.45 bits per heavy atom. The molecule has 0 N–H and O–H groups in total. The first kappa shape index (κ1) is 19.1. The van der Waals surface area contributed by atoms with Gasteiger partial charge in [-0.2, -0.15) is 4.68 Å². The van der Waals surface area contributed by atoms with Crippen LogP contribution < -0.4 is 10.5 Å². The Labute approximate surface area is 171 Å². The van der Waals surface area contributed by atoms with Gasteiger partial charge in [0.15, 0.2) is 0 Å². The third-order valence-electron chi connectivity index (χ3n) is 4.83. The van der Waals surface area contributed by atoms with E-state index < -0.39 is 5.82 Å². The van der Waals surface area contributed by atoms with E-state index in [1.54, 1.807) is 47.4 Å². The monoisotopic (exact) mass is 412 g/mol. The van der Waals surface area contributed by atoms with E-state index >= 15 is 0 Å². The molecule has 1 aliphatic rings. The van der Waals surface area contributed by atoms with Crippen molar-refractivity contribution in [3.8, 4) is 5.69 Å². The molecule has 0 radical (unpaired) electrons. The number of nitrogens with zero attached hydrogens (tertiary/aromatic N) is 4. The molecule has 0 saturated carbocycles. The zero-order valence-corrected chi connectivity index (χ0v) is 16.2. The van der Waals surface area contributed by atoms with Gasteiger partial charge in [-0.05, 0) is 36.4 Å². The number of hydrogen-bond acceptors (Lipinski definition) is 4. The van der Waals surface area contributed by atoms with Crippen molar-refractivity contribution in [2.45, 2.75) is 0 Å². The van der Waals surface area contributed by atoms with Crippen LogP contribution in [-0.4, -0.2) is 46.8 Å². The second kappa shape index (κ2) is 8.05. The molecule has 0 atom stereocenters. The highest BCUT2D eigenvalue weighted by Gasteiger charge is 2.24. The van der Waals surface area contributed by atoms with Crippen LogP contribution >= 0.6 is 11.6 Å². The number of benzene rings is 2. The Bertz CT molecular complexity index is 1110. The van der Waals surface area contributed by atoms with E-state index in [1.165, 1.54) is 22.9 Å². The van der Waals surface area contributed by atoms with Crippen LogP contribution in [0.15, 0.2) is 65.5 Å². The Balaban J connectivity index is 1.50. The predicted octanol–water partition coefficient (Wildman–Crippen LogP) is 2.99. The van der Waals surface area contributed by atoms with Crippen LogP contribution in [-0.2, 0) is 0 Å². The Morgan fingerprint density at radius 1 is 0.966 bits per heavy atom. The number of aromatic nitrogens is 2. The predicted molar refractivity (Wildman–Crippen MR) is 109 cm³/mol. The molecule has 2 aromatic carbocycles. The molecule has 3 aromatic rings. The minimum atomic E-state index is -0.518. The molecule has 148 valence electrons. The van der Waals surface area contributed by atoms with Crippen molar-refractivity contribution in [1.82, 2.24) is 14.7 Å². The molecule has 29 heavy (non-hydrogen) atoms. The second-order valence-corrected chi connectivity index (χ2v) is 7.12. The van der Waals surface area contributed by atoms with Gasteiger partial charge < -0.3 is 9.80 Å². The lowest BCUT2D eigenvalue weighted by Gasteiger charge is -2.35. The fourth-order valence-corrected chi connectivity index (χ4v) is 3.49. The van der Waals surface area contributed by atoms with Gasteiger partial charge in [-0.25, -0.2) is 4.39 Å². The molecule has 6 nitrogen and oxygen atoms in total. The molecule has 0 bridgehead atoms. The zero-order valence-electron chi connectivity index (χ0n) is 15.5. The van der Waals surface area contributed by atoms with Crippen molar-refractivity contribution in [3.63, 3.8) is 0 Å². The van der Waals surface area contributed by atoms with Crippen molar-refractivity contribution in [3.05, 3.63) is 87.4 Å². The third-order valence-corrected chi connectivity index (χ3v) is 5.07. The first-order valence-electron chi connectivity index (χ1n) is 9.18. The average Bonchev–Trinajstić information content (AvgIpc) is 2.74. The van der Waals surface area contributed by atoms with Gasteiger partial charge in [0.1, 0.15) is 11.6 Å². The summed E-state index contributed by atoms with van der Waals surface area (Å²) in [5.41, 5.74) is 0.399. The number of carbonyl (C=O) groups is 1. The van der Waals surface area contributed by atoms with Gasteiger partial charge in [0.25, 0.3) is 11.5 Å². The van der Waals surface area contributed by atoms with Crippen LogP contribution in [0.5, 0.6) is 0 Å². The highest BCUT2D eigenvalue weighted by Crippen LogP contribution is 2.17. The fraction of sp³-hybridized carbons (Fsp3) is 0.190. The Hall–Kier alpha value is -3.19. The number of hydrogen-bond donors (Lipinski definition) is 0. The SMILES string of the molecule is O=C(c1ccccc1F)N1CCN(c2ccc(=O)n(-c3cccc(Cl)c3)n2)CC1. The number of rotatable bonds is 3. The van der Waals surface area contributed by atoms with Crippen LogP contribution in [0.2, 0.25) is 5.02 Å². The third kappa shape index (κ3) is 4.00. The van der Waals surface area contributed by atoms with Crippen molar-refractivity contribution in [1.29, 1.82) is 0 Å². The van der Waals surface area contributed by atoms with Crippen LogP contribution in [0, 0.1) is 5.82 Å². The second-order valence-electron chi connectivity index (χ2n) is 6.68. The molecule has 1 saturated heterocycles. The van der Waals surface area contributed by atoms with Crippen LogP contribution in [0.1, 0.15) is 10.4 Å². The van der Waals surface area contributed by atoms with Gasteiger partial charge >= 0.3 is 0 Å². The molecule has 0 spiro atoms. The maximum Gasteiger partial charge on any atom is 0.271 e. The summed E-state index contributed by atoms with van der Waals surface area (Å²) in [5, 5.41) is 4.97. The maximum atomic E-state index is 13.9. The largest absolute Gasteiger partial charge is 0.352 e. The summed E-state index contributed by atoms with van der Waals surface area (Å²) in [5.74, 6) is -0.211. The van der Waals surface area contributed by atoms with E-state index in [2.05, 4.69) is 5.10 Å². The number of halogens is 2. The molecule has 1 fully saturated rings. The molecule has 1 aliphatic heterocycles. The lowest BCUT2D eigenvalue weighted by molar-refractivity contribution is 0.0741. The highest BCUT2D eigenvalue weighted by molar-refractivity contribution is 6.30. The van der Waals surface area contributed by atoms with E-state index in [-0.39, 0.29) is 17.0 Å². The number of amides is 1. The smallest absolute Gasteiger partial charge is 0.271 e. The van der Waals surface area contributed by atoms with Gasteiger partial charge in [0.05, 0.1) is 11.3 Å². The molecule has 0 unspecified atom stereocenters. The summed E-state index contributed by atoms with van der Waals surface area (Å²) >= 11 is 6.03. The van der Waals surface area contributed by atoms with Crippen LogP contribution in [0.4, 0.5) is 10.2 Å². The Morgan fingerprint density at radius 2 is 1.72 bits per heavy atom. The van der Waals surface area contributed by atoms with Gasteiger partial charge in [0.2, 0.25) is 0 Å². The first-order valence-corrected chi connectivity index (χ1v) is 9.56. The minimum Gasteiger partial charge on any atom is -0.352 e. The average molecular weight is 413 g/mol.